The van der Waals surface area contributed by atoms with E-state index in [0.29, 0.717) is 5.56 Å². The predicted octanol–water partition coefficient (Wildman–Crippen LogP) is 9.19. The molecule has 0 aliphatic heterocycles. The van der Waals surface area contributed by atoms with Gasteiger partial charge in [0.25, 0.3) is 0 Å². The second-order valence-electron chi connectivity index (χ2n) is 8.92. The summed E-state index contributed by atoms with van der Waals surface area (Å²) in [6.45, 7) is 4.46. The molecule has 1 aromatic heterocycles. The fourth-order valence-electron chi connectivity index (χ4n) is 4.20. The fourth-order valence-corrected chi connectivity index (χ4v) is 4.20. The van der Waals surface area contributed by atoms with Gasteiger partial charge in [-0.25, -0.2) is 4.39 Å². The monoisotopic (exact) mass is 431 g/mol. The van der Waals surface area contributed by atoms with E-state index in [4.69, 9.17) is 0 Å². The molecule has 1 nitrogen and oxygen atoms in total. The summed E-state index contributed by atoms with van der Waals surface area (Å²) in [6, 6.07) is 18.1. The van der Waals surface area contributed by atoms with Gasteiger partial charge >= 0.3 is 0 Å². The number of benzene rings is 2. The molecule has 0 atom stereocenters. The number of halogens is 1. The number of pyridine rings is 1. The van der Waals surface area contributed by atoms with E-state index in [-0.39, 0.29) is 5.82 Å². The van der Waals surface area contributed by atoms with Gasteiger partial charge in [-0.15, -0.1) is 0 Å². The van der Waals surface area contributed by atoms with Crippen LogP contribution < -0.4 is 0 Å². The second-order valence-corrected chi connectivity index (χ2v) is 8.92. The zero-order chi connectivity index (χ0) is 22.6. The van der Waals surface area contributed by atoms with E-state index in [2.05, 4.69) is 37.0 Å². The minimum atomic E-state index is -0.132. The minimum absolute atomic E-state index is 0.132. The third kappa shape index (κ3) is 7.29. The molecule has 0 N–H and O–H groups in total. The SMILES string of the molecule is CCCCCCCc1ccc(-c2ccc(-c3ccc(CCCCCC)cc3F)cc2)nc1. The van der Waals surface area contributed by atoms with Crippen LogP contribution in [0.4, 0.5) is 4.39 Å². The van der Waals surface area contributed by atoms with Crippen molar-refractivity contribution in [3.05, 3.63) is 77.7 Å². The van der Waals surface area contributed by atoms with Crippen LogP contribution in [0.3, 0.4) is 0 Å². The van der Waals surface area contributed by atoms with Crippen molar-refractivity contribution in [1.82, 2.24) is 4.98 Å². The van der Waals surface area contributed by atoms with Gasteiger partial charge in [-0.2, -0.15) is 0 Å². The molecular weight excluding hydrogens is 393 g/mol. The summed E-state index contributed by atoms with van der Waals surface area (Å²) in [5, 5.41) is 0. The van der Waals surface area contributed by atoms with E-state index in [1.54, 1.807) is 6.07 Å². The first-order valence-corrected chi connectivity index (χ1v) is 12.6. The zero-order valence-electron chi connectivity index (χ0n) is 19.9. The summed E-state index contributed by atoms with van der Waals surface area (Å²) >= 11 is 0. The molecule has 0 spiro atoms. The van der Waals surface area contributed by atoms with E-state index in [9.17, 15) is 4.39 Å². The lowest BCUT2D eigenvalue weighted by atomic mass is 9.99. The second kappa shape index (κ2) is 13.2. The van der Waals surface area contributed by atoms with Gasteiger partial charge in [-0.1, -0.05) is 101 Å². The maximum atomic E-state index is 14.7. The van der Waals surface area contributed by atoms with E-state index in [1.807, 2.05) is 36.5 Å². The van der Waals surface area contributed by atoms with E-state index >= 15 is 0 Å². The summed E-state index contributed by atoms with van der Waals surface area (Å²) in [4.78, 5) is 4.66. The van der Waals surface area contributed by atoms with Gasteiger partial charge in [-0.3, -0.25) is 4.98 Å². The number of aromatic nitrogens is 1. The summed E-state index contributed by atoms with van der Waals surface area (Å²) in [5.41, 5.74) is 6.01. The number of hydrogen-bond acceptors (Lipinski definition) is 1. The van der Waals surface area contributed by atoms with Crippen LogP contribution in [0.15, 0.2) is 60.8 Å². The molecule has 0 aliphatic carbocycles. The molecule has 32 heavy (non-hydrogen) atoms. The maximum Gasteiger partial charge on any atom is 0.131 e. The largest absolute Gasteiger partial charge is 0.256 e. The van der Waals surface area contributed by atoms with Crippen LogP contribution in [0.25, 0.3) is 22.4 Å². The lowest BCUT2D eigenvalue weighted by Crippen LogP contribution is -1.92. The highest BCUT2D eigenvalue weighted by Crippen LogP contribution is 2.27. The highest BCUT2D eigenvalue weighted by atomic mass is 19.1. The highest BCUT2D eigenvalue weighted by Gasteiger charge is 2.08. The molecule has 3 rings (SSSR count). The molecule has 0 bridgehead atoms. The number of unbranched alkanes of at least 4 members (excludes halogenated alkanes) is 7. The summed E-state index contributed by atoms with van der Waals surface area (Å²) < 4.78 is 14.7. The number of aryl methyl sites for hydroxylation is 2. The Kier molecular flexibility index (Phi) is 9.94. The van der Waals surface area contributed by atoms with Crippen LogP contribution in [0, 0.1) is 5.82 Å². The molecule has 0 amide bonds. The Balaban J connectivity index is 1.58. The van der Waals surface area contributed by atoms with Crippen molar-refractivity contribution in [3.63, 3.8) is 0 Å². The third-order valence-electron chi connectivity index (χ3n) is 6.24. The van der Waals surface area contributed by atoms with Crippen LogP contribution in [0.2, 0.25) is 0 Å². The van der Waals surface area contributed by atoms with Crippen molar-refractivity contribution in [2.45, 2.75) is 84.5 Å². The fraction of sp³-hybridized carbons (Fsp3) is 0.433. The Morgan fingerprint density at radius 1 is 0.625 bits per heavy atom. The molecule has 170 valence electrons. The highest BCUT2D eigenvalue weighted by molar-refractivity contribution is 5.69. The summed E-state index contributed by atoms with van der Waals surface area (Å²) in [7, 11) is 0. The van der Waals surface area contributed by atoms with Crippen molar-refractivity contribution in [1.29, 1.82) is 0 Å². The van der Waals surface area contributed by atoms with Crippen molar-refractivity contribution in [2.75, 3.05) is 0 Å². The van der Waals surface area contributed by atoms with Crippen LogP contribution in [-0.2, 0) is 12.8 Å². The van der Waals surface area contributed by atoms with Gasteiger partial charge in [0.2, 0.25) is 0 Å². The Hall–Kier alpha value is -2.48. The molecule has 0 saturated carbocycles. The summed E-state index contributed by atoms with van der Waals surface area (Å²) in [5.74, 6) is -0.132. The number of nitrogens with zero attached hydrogens (tertiary/aromatic N) is 1. The smallest absolute Gasteiger partial charge is 0.131 e. The van der Waals surface area contributed by atoms with Crippen LogP contribution in [-0.4, -0.2) is 4.98 Å². The predicted molar refractivity (Wildman–Crippen MR) is 135 cm³/mol. The van der Waals surface area contributed by atoms with Gasteiger partial charge in [-0.05, 0) is 54.5 Å². The van der Waals surface area contributed by atoms with Crippen molar-refractivity contribution >= 4 is 0 Å². The van der Waals surface area contributed by atoms with Gasteiger partial charge in [0.05, 0.1) is 5.69 Å². The quantitative estimate of drug-likeness (QED) is 0.246. The molecular formula is C30H38FN. The van der Waals surface area contributed by atoms with Crippen LogP contribution >= 0.6 is 0 Å². The minimum Gasteiger partial charge on any atom is -0.256 e. The Labute approximate surface area is 194 Å². The normalized spacial score (nSPS) is 11.1. The molecule has 2 heteroatoms. The molecule has 0 radical (unpaired) electrons. The molecule has 0 aliphatic rings. The Morgan fingerprint density at radius 3 is 1.84 bits per heavy atom. The van der Waals surface area contributed by atoms with E-state index in [1.165, 1.54) is 56.9 Å². The Bertz CT molecular complexity index is 928. The lowest BCUT2D eigenvalue weighted by molar-refractivity contribution is 0.624. The molecule has 0 fully saturated rings. The van der Waals surface area contributed by atoms with Crippen LogP contribution in [0.5, 0.6) is 0 Å². The first kappa shape index (κ1) is 24.2. The topological polar surface area (TPSA) is 12.9 Å². The van der Waals surface area contributed by atoms with E-state index in [0.717, 1.165) is 41.6 Å². The van der Waals surface area contributed by atoms with Crippen molar-refractivity contribution in [2.24, 2.45) is 0 Å². The maximum absolute atomic E-state index is 14.7. The van der Waals surface area contributed by atoms with Crippen molar-refractivity contribution in [3.8, 4) is 22.4 Å². The standard InChI is InChI=1S/C30H38FN/c1-3-5-7-9-11-13-25-15-21-30(32-23-25)27-18-16-26(17-19-27)28-20-14-24(22-29(28)31)12-10-8-6-4-2/h14-23H,3-13H2,1-2H3. The molecule has 2 aromatic carbocycles. The molecule has 0 unspecified atom stereocenters. The number of hydrogen-bond donors (Lipinski definition) is 0. The summed E-state index contributed by atoms with van der Waals surface area (Å²) in [6.07, 6.45) is 15.4. The molecule has 0 saturated heterocycles. The van der Waals surface area contributed by atoms with Crippen LogP contribution in [0.1, 0.15) is 82.8 Å². The van der Waals surface area contributed by atoms with E-state index < -0.39 is 0 Å². The first-order chi connectivity index (χ1) is 15.7. The van der Waals surface area contributed by atoms with Gasteiger partial charge in [0.15, 0.2) is 0 Å². The Morgan fingerprint density at radius 2 is 1.22 bits per heavy atom. The third-order valence-corrected chi connectivity index (χ3v) is 6.24. The molecule has 3 aromatic rings. The lowest BCUT2D eigenvalue weighted by Gasteiger charge is -2.08. The average Bonchev–Trinajstić information content (AvgIpc) is 2.82. The molecule has 1 heterocycles. The first-order valence-electron chi connectivity index (χ1n) is 12.6. The van der Waals surface area contributed by atoms with Gasteiger partial charge < -0.3 is 0 Å². The van der Waals surface area contributed by atoms with Gasteiger partial charge in [0.1, 0.15) is 5.82 Å². The van der Waals surface area contributed by atoms with Crippen molar-refractivity contribution < 1.29 is 4.39 Å². The van der Waals surface area contributed by atoms with Gasteiger partial charge in [0, 0.05) is 17.3 Å². The number of rotatable bonds is 13. The zero-order valence-corrected chi connectivity index (χ0v) is 19.9. The average molecular weight is 432 g/mol.